The van der Waals surface area contributed by atoms with Crippen molar-refractivity contribution < 1.29 is 14.6 Å². The molecule has 0 spiro atoms. The fourth-order valence-corrected chi connectivity index (χ4v) is 2.36. The summed E-state index contributed by atoms with van der Waals surface area (Å²) in [5, 5.41) is 9.43. The van der Waals surface area contributed by atoms with E-state index in [4.69, 9.17) is 11.2 Å². The highest BCUT2D eigenvalue weighted by Gasteiger charge is 2.22. The van der Waals surface area contributed by atoms with E-state index >= 15 is 0 Å². The Bertz CT molecular complexity index is 352. The number of carbonyl (C=O) groups is 1. The number of unbranched alkanes of at least 4 members (excludes halogenated alkanes) is 8. The van der Waals surface area contributed by atoms with E-state index in [0.29, 0.717) is 12.0 Å². The maximum Gasteiger partial charge on any atom is 0.333 e. The van der Waals surface area contributed by atoms with Crippen molar-refractivity contribution >= 4 is 5.97 Å². The maximum atomic E-state index is 11.4. The molecule has 0 unspecified atom stereocenters. The highest BCUT2D eigenvalue weighted by atomic mass is 16.5. The van der Waals surface area contributed by atoms with Gasteiger partial charge in [0.2, 0.25) is 0 Å². The average molecular weight is 278 g/mol. The highest BCUT2D eigenvalue weighted by molar-refractivity contribution is 5.89. The van der Waals surface area contributed by atoms with Crippen LogP contribution in [-0.4, -0.2) is 23.8 Å². The molecule has 0 aromatic carbocycles. The maximum absolute atomic E-state index is 11.4. The standard InChI is InChI=1S/C17H26O3/c1-2-3-4-5-6-7-8-9-10-11-12-15-13-16(18)14-20-17(15)19/h1,12,16,18H,3-11,13-14H2/b15-12+/t16-/m0/s1. The third-order valence-electron chi connectivity index (χ3n) is 3.54. The fourth-order valence-electron chi connectivity index (χ4n) is 2.36. The zero-order valence-corrected chi connectivity index (χ0v) is 12.3. The largest absolute Gasteiger partial charge is 0.460 e. The van der Waals surface area contributed by atoms with Crippen LogP contribution in [0.3, 0.4) is 0 Å². The molecule has 112 valence electrons. The van der Waals surface area contributed by atoms with Gasteiger partial charge in [0.05, 0.1) is 6.10 Å². The average Bonchev–Trinajstić information content (AvgIpc) is 2.44. The SMILES string of the molecule is C#CCCCCCCCCC/C=C1\C[C@H](O)COC1=O. The minimum absolute atomic E-state index is 0.135. The molecule has 0 aliphatic carbocycles. The molecule has 1 heterocycles. The van der Waals surface area contributed by atoms with Gasteiger partial charge in [-0.1, -0.05) is 38.2 Å². The van der Waals surface area contributed by atoms with Crippen LogP contribution in [0.25, 0.3) is 0 Å². The molecule has 1 aliphatic heterocycles. The first-order valence-corrected chi connectivity index (χ1v) is 7.71. The van der Waals surface area contributed by atoms with Crippen molar-refractivity contribution in [2.24, 2.45) is 0 Å². The summed E-state index contributed by atoms with van der Waals surface area (Å²) < 4.78 is 4.87. The molecule has 0 saturated carbocycles. The number of aliphatic hydroxyl groups is 1. The smallest absolute Gasteiger partial charge is 0.333 e. The Morgan fingerprint density at radius 2 is 1.85 bits per heavy atom. The summed E-state index contributed by atoms with van der Waals surface area (Å²) in [6.07, 6.45) is 17.3. The summed E-state index contributed by atoms with van der Waals surface area (Å²) in [6.45, 7) is 0.135. The van der Waals surface area contributed by atoms with Gasteiger partial charge >= 0.3 is 5.97 Å². The predicted molar refractivity (Wildman–Crippen MR) is 80.1 cm³/mol. The van der Waals surface area contributed by atoms with Crippen molar-refractivity contribution in [1.29, 1.82) is 0 Å². The lowest BCUT2D eigenvalue weighted by atomic mass is 10.0. The van der Waals surface area contributed by atoms with Crippen LogP contribution in [0.1, 0.15) is 64.2 Å². The van der Waals surface area contributed by atoms with Crippen molar-refractivity contribution in [3.8, 4) is 12.3 Å². The minimum Gasteiger partial charge on any atom is -0.460 e. The van der Waals surface area contributed by atoms with E-state index in [-0.39, 0.29) is 12.6 Å². The molecule has 1 fully saturated rings. The molecule has 1 saturated heterocycles. The first kappa shape index (κ1) is 16.8. The second-order valence-electron chi connectivity index (χ2n) is 5.40. The fraction of sp³-hybridized carbons (Fsp3) is 0.706. The van der Waals surface area contributed by atoms with E-state index in [1.807, 2.05) is 6.08 Å². The van der Waals surface area contributed by atoms with Crippen LogP contribution in [0, 0.1) is 12.3 Å². The summed E-state index contributed by atoms with van der Waals surface area (Å²) in [5.41, 5.74) is 0.637. The Morgan fingerprint density at radius 3 is 2.55 bits per heavy atom. The zero-order valence-electron chi connectivity index (χ0n) is 12.3. The summed E-state index contributed by atoms with van der Waals surface area (Å²) in [6, 6.07) is 0. The Balaban J connectivity index is 1.98. The minimum atomic E-state index is -0.526. The monoisotopic (exact) mass is 278 g/mol. The van der Waals surface area contributed by atoms with Crippen molar-refractivity contribution in [3.05, 3.63) is 11.6 Å². The molecular weight excluding hydrogens is 252 g/mol. The summed E-state index contributed by atoms with van der Waals surface area (Å²) in [4.78, 5) is 11.4. The second-order valence-corrected chi connectivity index (χ2v) is 5.40. The normalized spacial score (nSPS) is 20.7. The first-order valence-electron chi connectivity index (χ1n) is 7.71. The third kappa shape index (κ3) is 7.35. The topological polar surface area (TPSA) is 46.5 Å². The first-order chi connectivity index (χ1) is 9.74. The lowest BCUT2D eigenvalue weighted by Crippen LogP contribution is -2.27. The highest BCUT2D eigenvalue weighted by Crippen LogP contribution is 2.17. The van der Waals surface area contributed by atoms with Crippen LogP contribution in [0.2, 0.25) is 0 Å². The van der Waals surface area contributed by atoms with Crippen molar-refractivity contribution in [2.45, 2.75) is 70.3 Å². The van der Waals surface area contributed by atoms with Gasteiger partial charge in [0.1, 0.15) is 6.61 Å². The van der Waals surface area contributed by atoms with Gasteiger partial charge in [0.25, 0.3) is 0 Å². The van der Waals surface area contributed by atoms with Crippen LogP contribution in [0.15, 0.2) is 11.6 Å². The van der Waals surface area contributed by atoms with E-state index in [1.165, 1.54) is 32.1 Å². The Kier molecular flexibility index (Phi) is 8.82. The number of terminal acetylenes is 1. The van der Waals surface area contributed by atoms with Gasteiger partial charge in [-0.05, 0) is 19.3 Å². The van der Waals surface area contributed by atoms with Gasteiger partial charge in [0, 0.05) is 18.4 Å². The number of ether oxygens (including phenoxy) is 1. The van der Waals surface area contributed by atoms with Gasteiger partial charge in [0.15, 0.2) is 0 Å². The van der Waals surface area contributed by atoms with Crippen LogP contribution >= 0.6 is 0 Å². The summed E-state index contributed by atoms with van der Waals surface area (Å²) >= 11 is 0. The lowest BCUT2D eigenvalue weighted by molar-refractivity contribution is -0.146. The Hall–Kier alpha value is -1.27. The zero-order chi connectivity index (χ0) is 14.6. The predicted octanol–water partition coefficient (Wildman–Crippen LogP) is 3.36. The van der Waals surface area contributed by atoms with E-state index in [2.05, 4.69) is 5.92 Å². The van der Waals surface area contributed by atoms with Gasteiger partial charge in [-0.3, -0.25) is 0 Å². The number of carbonyl (C=O) groups excluding carboxylic acids is 1. The lowest BCUT2D eigenvalue weighted by Gasteiger charge is -2.19. The molecule has 0 aromatic rings. The quantitative estimate of drug-likeness (QED) is 0.304. The number of allylic oxidation sites excluding steroid dienone is 1. The Labute approximate surface area is 122 Å². The van der Waals surface area contributed by atoms with Gasteiger partial charge < -0.3 is 9.84 Å². The number of aliphatic hydroxyl groups excluding tert-OH is 1. The molecule has 3 nitrogen and oxygen atoms in total. The summed E-state index contributed by atoms with van der Waals surface area (Å²) in [7, 11) is 0. The molecule has 1 atom stereocenters. The molecule has 1 rings (SSSR count). The second kappa shape index (κ2) is 10.5. The molecule has 0 aromatic heterocycles. The molecular formula is C17H26O3. The van der Waals surface area contributed by atoms with Crippen LogP contribution in [0.5, 0.6) is 0 Å². The van der Waals surface area contributed by atoms with Crippen LogP contribution < -0.4 is 0 Å². The van der Waals surface area contributed by atoms with Crippen LogP contribution in [-0.2, 0) is 9.53 Å². The van der Waals surface area contributed by atoms with Crippen molar-refractivity contribution in [3.63, 3.8) is 0 Å². The molecule has 0 radical (unpaired) electrons. The Morgan fingerprint density at radius 1 is 1.20 bits per heavy atom. The summed E-state index contributed by atoms with van der Waals surface area (Å²) in [5.74, 6) is 2.40. The van der Waals surface area contributed by atoms with Crippen molar-refractivity contribution in [2.75, 3.05) is 6.61 Å². The molecule has 1 N–H and O–H groups in total. The van der Waals surface area contributed by atoms with Gasteiger partial charge in [-0.15, -0.1) is 12.3 Å². The number of hydrogen-bond donors (Lipinski definition) is 1. The van der Waals surface area contributed by atoms with E-state index in [0.717, 1.165) is 25.7 Å². The number of rotatable bonds is 9. The molecule has 3 heteroatoms. The number of esters is 1. The number of hydrogen-bond acceptors (Lipinski definition) is 3. The van der Waals surface area contributed by atoms with E-state index < -0.39 is 6.10 Å². The van der Waals surface area contributed by atoms with E-state index in [9.17, 15) is 9.90 Å². The molecule has 1 aliphatic rings. The van der Waals surface area contributed by atoms with Gasteiger partial charge in [-0.2, -0.15) is 0 Å². The molecule has 0 amide bonds. The van der Waals surface area contributed by atoms with Crippen molar-refractivity contribution in [1.82, 2.24) is 0 Å². The van der Waals surface area contributed by atoms with Crippen LogP contribution in [0.4, 0.5) is 0 Å². The number of cyclic esters (lactones) is 1. The van der Waals surface area contributed by atoms with E-state index in [1.54, 1.807) is 0 Å². The van der Waals surface area contributed by atoms with Gasteiger partial charge in [-0.25, -0.2) is 4.79 Å². The third-order valence-corrected chi connectivity index (χ3v) is 3.54. The molecule has 0 bridgehead atoms. The molecule has 20 heavy (non-hydrogen) atoms.